The smallest absolute Gasteiger partial charge is 0.166 e. The highest BCUT2D eigenvalue weighted by Gasteiger charge is 2.30. The second kappa shape index (κ2) is 4.42. The van der Waals surface area contributed by atoms with Gasteiger partial charge in [0.05, 0.1) is 12.1 Å². The number of rotatable bonds is 2. The topological polar surface area (TPSA) is 48.8 Å². The molecule has 0 aromatic heterocycles. The lowest BCUT2D eigenvalue weighted by atomic mass is 10.1. The van der Waals surface area contributed by atoms with Crippen molar-refractivity contribution in [3.63, 3.8) is 0 Å². The molecule has 0 spiro atoms. The van der Waals surface area contributed by atoms with E-state index in [2.05, 4.69) is 10.0 Å². The molecule has 1 rings (SSSR count). The zero-order chi connectivity index (χ0) is 11.5. The zero-order valence-corrected chi connectivity index (χ0v) is 8.05. The van der Waals surface area contributed by atoms with E-state index in [1.54, 1.807) is 0 Å². The van der Waals surface area contributed by atoms with E-state index in [0.717, 1.165) is 18.2 Å². The summed E-state index contributed by atoms with van der Waals surface area (Å²) in [6.07, 6.45) is -4.42. The van der Waals surface area contributed by atoms with E-state index in [-0.39, 0.29) is 17.1 Å². The highest BCUT2D eigenvalue weighted by molar-refractivity contribution is 6.31. The number of halogens is 4. The Balaban J connectivity index is 3.10. The molecule has 1 aromatic rings. The minimum atomic E-state index is -4.42. The Kier molecular flexibility index (Phi) is 3.44. The minimum Gasteiger partial charge on any atom is -0.166 e. The van der Waals surface area contributed by atoms with E-state index in [1.807, 2.05) is 0 Å². The van der Waals surface area contributed by atoms with Crippen molar-refractivity contribution in [2.75, 3.05) is 0 Å². The number of benzene rings is 1. The number of alkyl halides is 3. The van der Waals surface area contributed by atoms with E-state index in [4.69, 9.17) is 17.1 Å². The van der Waals surface area contributed by atoms with Gasteiger partial charge in [-0.15, -0.1) is 0 Å². The third kappa shape index (κ3) is 3.04. The highest BCUT2D eigenvalue weighted by Crippen LogP contribution is 2.31. The van der Waals surface area contributed by atoms with Crippen LogP contribution in [0.1, 0.15) is 11.1 Å². The predicted octanol–water partition coefficient (Wildman–Crippen LogP) is 4.17. The lowest BCUT2D eigenvalue weighted by Crippen LogP contribution is -2.05. The number of nitrogens with zero attached hydrogens (tertiary/aromatic N) is 3. The maximum atomic E-state index is 12.3. The molecule has 0 saturated heterocycles. The molecule has 0 atom stereocenters. The van der Waals surface area contributed by atoms with Gasteiger partial charge in [0.15, 0.2) is 0 Å². The number of hydrogen-bond acceptors (Lipinski definition) is 1. The molecule has 0 bridgehead atoms. The molecule has 0 fully saturated rings. The van der Waals surface area contributed by atoms with Crippen molar-refractivity contribution >= 4 is 11.6 Å². The quantitative estimate of drug-likeness (QED) is 0.420. The van der Waals surface area contributed by atoms with E-state index >= 15 is 0 Å². The van der Waals surface area contributed by atoms with Crippen LogP contribution in [0.2, 0.25) is 5.02 Å². The third-order valence-corrected chi connectivity index (χ3v) is 2.05. The molecule has 7 heteroatoms. The van der Waals surface area contributed by atoms with E-state index in [0.29, 0.717) is 0 Å². The Bertz CT molecular complexity index is 410. The number of hydrogen-bond donors (Lipinski definition) is 0. The molecule has 1 aromatic carbocycles. The first-order valence-electron chi connectivity index (χ1n) is 3.81. The molecule has 0 aliphatic heterocycles. The molecule has 15 heavy (non-hydrogen) atoms. The van der Waals surface area contributed by atoms with Crippen LogP contribution in [-0.2, 0) is 12.7 Å². The highest BCUT2D eigenvalue weighted by atomic mass is 35.5. The molecule has 0 amide bonds. The lowest BCUT2D eigenvalue weighted by molar-refractivity contribution is -0.137. The van der Waals surface area contributed by atoms with E-state index in [9.17, 15) is 13.2 Å². The summed E-state index contributed by atoms with van der Waals surface area (Å²) < 4.78 is 36.8. The zero-order valence-electron chi connectivity index (χ0n) is 7.29. The minimum absolute atomic E-state index is 0.149. The average Bonchev–Trinajstić information content (AvgIpc) is 2.15. The Labute approximate surface area is 88.1 Å². The SMILES string of the molecule is [N-]=[N+]=NCc1cc(C(F)(F)F)ccc1Cl. The van der Waals surface area contributed by atoms with E-state index in [1.165, 1.54) is 0 Å². The van der Waals surface area contributed by atoms with Crippen LogP contribution in [0.3, 0.4) is 0 Å². The second-order valence-electron chi connectivity index (χ2n) is 2.69. The molecule has 80 valence electrons. The summed E-state index contributed by atoms with van der Waals surface area (Å²) in [7, 11) is 0. The fourth-order valence-corrected chi connectivity index (χ4v) is 1.16. The van der Waals surface area contributed by atoms with Crippen molar-refractivity contribution in [3.05, 3.63) is 44.8 Å². The summed E-state index contributed by atoms with van der Waals surface area (Å²) in [5, 5.41) is 3.30. The first-order chi connectivity index (χ1) is 6.95. The Morgan fingerprint density at radius 3 is 2.60 bits per heavy atom. The molecule has 0 heterocycles. The van der Waals surface area contributed by atoms with Crippen molar-refractivity contribution < 1.29 is 13.2 Å². The Hall–Kier alpha value is -1.39. The molecule has 0 aliphatic carbocycles. The molecular weight excluding hydrogens is 231 g/mol. The van der Waals surface area contributed by atoms with Crippen LogP contribution < -0.4 is 0 Å². The predicted molar refractivity (Wildman–Crippen MR) is 49.3 cm³/mol. The molecule has 0 N–H and O–H groups in total. The van der Waals surface area contributed by atoms with Crippen LogP contribution in [0.4, 0.5) is 13.2 Å². The largest absolute Gasteiger partial charge is 0.416 e. The van der Waals surface area contributed by atoms with Gasteiger partial charge < -0.3 is 0 Å². The number of azide groups is 1. The summed E-state index contributed by atoms with van der Waals surface area (Å²) in [5.41, 5.74) is 7.39. The second-order valence-corrected chi connectivity index (χ2v) is 3.10. The molecular formula is C8H5ClF3N3. The monoisotopic (exact) mass is 235 g/mol. The normalized spacial score (nSPS) is 10.9. The van der Waals surface area contributed by atoms with Crippen molar-refractivity contribution in [3.8, 4) is 0 Å². The average molecular weight is 236 g/mol. The van der Waals surface area contributed by atoms with Gasteiger partial charge in [0.2, 0.25) is 0 Å². The Morgan fingerprint density at radius 1 is 1.40 bits per heavy atom. The molecule has 0 radical (unpaired) electrons. The first-order valence-corrected chi connectivity index (χ1v) is 4.19. The van der Waals surface area contributed by atoms with Gasteiger partial charge in [0, 0.05) is 9.93 Å². The van der Waals surface area contributed by atoms with Gasteiger partial charge in [0.1, 0.15) is 0 Å². The summed E-state index contributed by atoms with van der Waals surface area (Å²) in [6.45, 7) is -0.195. The summed E-state index contributed by atoms with van der Waals surface area (Å²) in [4.78, 5) is 2.45. The van der Waals surface area contributed by atoms with Crippen molar-refractivity contribution in [1.29, 1.82) is 0 Å². The first kappa shape index (κ1) is 11.7. The fraction of sp³-hybridized carbons (Fsp3) is 0.250. The van der Waals surface area contributed by atoms with Crippen LogP contribution in [0, 0.1) is 0 Å². The van der Waals surface area contributed by atoms with Crippen LogP contribution in [-0.4, -0.2) is 0 Å². The van der Waals surface area contributed by atoms with Crippen LogP contribution in [0.15, 0.2) is 23.3 Å². The molecule has 0 unspecified atom stereocenters. The summed E-state index contributed by atoms with van der Waals surface area (Å²) in [6, 6.07) is 2.88. The van der Waals surface area contributed by atoms with Crippen LogP contribution >= 0.6 is 11.6 Å². The van der Waals surface area contributed by atoms with Crippen molar-refractivity contribution in [2.24, 2.45) is 5.11 Å². The maximum Gasteiger partial charge on any atom is 0.416 e. The lowest BCUT2D eigenvalue weighted by Gasteiger charge is -2.08. The molecule has 0 aliphatic rings. The van der Waals surface area contributed by atoms with Crippen molar-refractivity contribution in [1.82, 2.24) is 0 Å². The maximum absolute atomic E-state index is 12.3. The summed E-state index contributed by atoms with van der Waals surface area (Å²) >= 11 is 5.63. The standard InChI is InChI=1S/C8H5ClF3N3/c9-7-2-1-6(8(10,11)12)3-5(7)4-14-15-13/h1-3H,4H2. The van der Waals surface area contributed by atoms with Crippen LogP contribution in [0.25, 0.3) is 10.4 Å². The molecule has 3 nitrogen and oxygen atoms in total. The van der Waals surface area contributed by atoms with E-state index < -0.39 is 11.7 Å². The van der Waals surface area contributed by atoms with Gasteiger partial charge in [0.25, 0.3) is 0 Å². The fourth-order valence-electron chi connectivity index (χ4n) is 0.980. The van der Waals surface area contributed by atoms with Gasteiger partial charge in [-0.25, -0.2) is 0 Å². The van der Waals surface area contributed by atoms with Crippen LogP contribution in [0.5, 0.6) is 0 Å². The third-order valence-electron chi connectivity index (χ3n) is 1.68. The van der Waals surface area contributed by atoms with Gasteiger partial charge in [-0.2, -0.15) is 13.2 Å². The Morgan fingerprint density at radius 2 is 2.07 bits per heavy atom. The van der Waals surface area contributed by atoms with Crippen molar-refractivity contribution in [2.45, 2.75) is 12.7 Å². The van der Waals surface area contributed by atoms with Gasteiger partial charge >= 0.3 is 6.18 Å². The molecule has 0 saturated carbocycles. The van der Waals surface area contributed by atoms with Gasteiger partial charge in [-0.1, -0.05) is 16.7 Å². The van der Waals surface area contributed by atoms with Gasteiger partial charge in [-0.05, 0) is 29.3 Å². The van der Waals surface area contributed by atoms with Gasteiger partial charge in [-0.3, -0.25) is 0 Å². The summed E-state index contributed by atoms with van der Waals surface area (Å²) in [5.74, 6) is 0.